The van der Waals surface area contributed by atoms with E-state index in [1.165, 1.54) is 29.2 Å². The van der Waals surface area contributed by atoms with Crippen LogP contribution in [0, 0.1) is 0 Å². The van der Waals surface area contributed by atoms with Crippen molar-refractivity contribution in [3.63, 3.8) is 0 Å². The van der Waals surface area contributed by atoms with Gasteiger partial charge in [0.25, 0.3) is 0 Å². The predicted molar refractivity (Wildman–Crippen MR) is 62.8 cm³/mol. The van der Waals surface area contributed by atoms with E-state index in [0.29, 0.717) is 18.7 Å². The molecule has 1 aromatic rings. The molecule has 2 rings (SSSR count). The van der Waals surface area contributed by atoms with Crippen molar-refractivity contribution >= 4 is 27.5 Å². The number of alkyl halides is 4. The van der Waals surface area contributed by atoms with E-state index in [1.807, 2.05) is 0 Å². The zero-order valence-corrected chi connectivity index (χ0v) is 10.7. The highest BCUT2D eigenvalue weighted by atomic mass is 79.9. The molecule has 1 fully saturated rings. The average molecular weight is 324 g/mol. The minimum Gasteiger partial charge on any atom is -0.406 e. The molecule has 0 aliphatic carbocycles. The van der Waals surface area contributed by atoms with Crippen LogP contribution in [0.15, 0.2) is 24.3 Å². The highest BCUT2D eigenvalue weighted by Crippen LogP contribution is 2.28. The van der Waals surface area contributed by atoms with Gasteiger partial charge < -0.3 is 9.64 Å². The number of hydrogen-bond acceptors (Lipinski definition) is 2. The number of amides is 1. The monoisotopic (exact) mass is 323 g/mol. The van der Waals surface area contributed by atoms with Crippen LogP contribution in [0.3, 0.4) is 0 Å². The zero-order chi connectivity index (χ0) is 13.3. The Balaban J connectivity index is 2.11. The number of nitrogens with zero attached hydrogens (tertiary/aromatic N) is 1. The molecule has 3 nitrogen and oxygen atoms in total. The first-order chi connectivity index (χ1) is 8.37. The molecular formula is C11H9BrF3NO2. The summed E-state index contributed by atoms with van der Waals surface area (Å²) in [6.07, 6.45) is -4.02. The molecule has 0 N–H and O–H groups in total. The van der Waals surface area contributed by atoms with Crippen molar-refractivity contribution in [2.45, 2.75) is 17.6 Å². The second-order valence-electron chi connectivity index (χ2n) is 3.79. The molecular weight excluding hydrogens is 315 g/mol. The van der Waals surface area contributed by atoms with Crippen molar-refractivity contribution in [3.05, 3.63) is 24.3 Å². The summed E-state index contributed by atoms with van der Waals surface area (Å²) in [5, 5.41) is 0. The molecule has 0 spiro atoms. The van der Waals surface area contributed by atoms with E-state index >= 15 is 0 Å². The van der Waals surface area contributed by atoms with Crippen LogP contribution in [0.1, 0.15) is 6.42 Å². The lowest BCUT2D eigenvalue weighted by molar-refractivity contribution is -0.274. The van der Waals surface area contributed by atoms with Gasteiger partial charge in [0, 0.05) is 12.2 Å². The standard InChI is InChI=1S/C11H9BrF3NO2/c12-9-5-6-16(10(9)17)7-1-3-8(4-2-7)18-11(13,14)15/h1-4,9H,5-6H2. The van der Waals surface area contributed by atoms with Crippen molar-refractivity contribution < 1.29 is 22.7 Å². The zero-order valence-electron chi connectivity index (χ0n) is 9.08. The summed E-state index contributed by atoms with van der Waals surface area (Å²) in [6, 6.07) is 5.25. The molecule has 1 unspecified atom stereocenters. The Labute approximate surface area is 110 Å². The van der Waals surface area contributed by atoms with Crippen LogP contribution in [-0.2, 0) is 4.79 Å². The van der Waals surface area contributed by atoms with E-state index in [4.69, 9.17) is 0 Å². The molecule has 0 bridgehead atoms. The molecule has 1 atom stereocenters. The van der Waals surface area contributed by atoms with Crippen LogP contribution >= 0.6 is 15.9 Å². The fraction of sp³-hybridized carbons (Fsp3) is 0.364. The van der Waals surface area contributed by atoms with Gasteiger partial charge in [-0.15, -0.1) is 13.2 Å². The Hall–Kier alpha value is -1.24. The van der Waals surface area contributed by atoms with E-state index in [0.717, 1.165) is 0 Å². The third-order valence-corrected chi connectivity index (χ3v) is 3.37. The number of halogens is 4. The summed E-state index contributed by atoms with van der Waals surface area (Å²) in [5.74, 6) is -0.382. The summed E-state index contributed by atoms with van der Waals surface area (Å²) < 4.78 is 39.6. The summed E-state index contributed by atoms with van der Waals surface area (Å²) >= 11 is 3.23. The summed E-state index contributed by atoms with van der Waals surface area (Å²) in [4.78, 5) is 13.0. The SMILES string of the molecule is O=C1C(Br)CCN1c1ccc(OC(F)(F)F)cc1. The molecule has 1 aromatic carbocycles. The van der Waals surface area contributed by atoms with Gasteiger partial charge in [-0.2, -0.15) is 0 Å². The van der Waals surface area contributed by atoms with Crippen molar-refractivity contribution in [1.29, 1.82) is 0 Å². The van der Waals surface area contributed by atoms with Gasteiger partial charge in [0.05, 0.1) is 4.83 Å². The minimum atomic E-state index is -4.70. The summed E-state index contributed by atoms with van der Waals surface area (Å²) in [6.45, 7) is 0.550. The summed E-state index contributed by atoms with van der Waals surface area (Å²) in [7, 11) is 0. The maximum atomic E-state index is 12.0. The fourth-order valence-electron chi connectivity index (χ4n) is 1.73. The van der Waals surface area contributed by atoms with E-state index < -0.39 is 6.36 Å². The second-order valence-corrected chi connectivity index (χ2v) is 4.89. The van der Waals surface area contributed by atoms with Crippen LogP contribution in [0.4, 0.5) is 18.9 Å². The molecule has 1 saturated heterocycles. The van der Waals surface area contributed by atoms with Crippen LogP contribution < -0.4 is 9.64 Å². The number of carbonyl (C=O) groups is 1. The van der Waals surface area contributed by atoms with E-state index in [9.17, 15) is 18.0 Å². The van der Waals surface area contributed by atoms with Crippen LogP contribution in [-0.4, -0.2) is 23.6 Å². The lowest BCUT2D eigenvalue weighted by Crippen LogP contribution is -2.26. The number of ether oxygens (including phenoxy) is 1. The molecule has 1 aliphatic rings. The van der Waals surface area contributed by atoms with Gasteiger partial charge in [-0.25, -0.2) is 0 Å². The first-order valence-corrected chi connectivity index (χ1v) is 6.09. The number of carbonyl (C=O) groups excluding carboxylic acids is 1. The molecule has 98 valence electrons. The third kappa shape index (κ3) is 2.95. The Morgan fingerprint density at radius 3 is 2.33 bits per heavy atom. The average Bonchev–Trinajstić information content (AvgIpc) is 2.59. The van der Waals surface area contributed by atoms with Crippen molar-refractivity contribution in [2.75, 3.05) is 11.4 Å². The quantitative estimate of drug-likeness (QED) is 0.783. The Kier molecular flexibility index (Phi) is 3.52. The van der Waals surface area contributed by atoms with Crippen LogP contribution in [0.25, 0.3) is 0 Å². The van der Waals surface area contributed by atoms with Crippen molar-refractivity contribution in [1.82, 2.24) is 0 Å². The van der Waals surface area contributed by atoms with Crippen LogP contribution in [0.5, 0.6) is 5.75 Å². The predicted octanol–water partition coefficient (Wildman–Crippen LogP) is 3.09. The van der Waals surface area contributed by atoms with Gasteiger partial charge >= 0.3 is 6.36 Å². The first kappa shape index (κ1) is 13.2. The third-order valence-electron chi connectivity index (χ3n) is 2.52. The Bertz CT molecular complexity index is 447. The first-order valence-electron chi connectivity index (χ1n) is 5.18. The maximum Gasteiger partial charge on any atom is 0.573 e. The number of rotatable bonds is 2. The highest BCUT2D eigenvalue weighted by Gasteiger charge is 2.32. The van der Waals surface area contributed by atoms with Crippen molar-refractivity contribution in [3.8, 4) is 5.75 Å². The van der Waals surface area contributed by atoms with E-state index in [-0.39, 0.29) is 16.5 Å². The lowest BCUT2D eigenvalue weighted by Gasteiger charge is -2.16. The van der Waals surface area contributed by atoms with Gasteiger partial charge in [-0.3, -0.25) is 4.79 Å². The summed E-state index contributed by atoms with van der Waals surface area (Å²) in [5.41, 5.74) is 0.566. The van der Waals surface area contributed by atoms with E-state index in [2.05, 4.69) is 20.7 Å². The molecule has 1 amide bonds. The lowest BCUT2D eigenvalue weighted by atomic mass is 10.3. The topological polar surface area (TPSA) is 29.5 Å². The molecule has 0 aromatic heterocycles. The van der Waals surface area contributed by atoms with Gasteiger partial charge in [0.15, 0.2) is 0 Å². The maximum absolute atomic E-state index is 12.0. The molecule has 0 radical (unpaired) electrons. The Morgan fingerprint density at radius 2 is 1.89 bits per heavy atom. The minimum absolute atomic E-state index is 0.0838. The molecule has 1 aliphatic heterocycles. The number of benzene rings is 1. The van der Waals surface area contributed by atoms with Crippen LogP contribution in [0.2, 0.25) is 0 Å². The largest absolute Gasteiger partial charge is 0.573 e. The fourth-order valence-corrected chi connectivity index (χ4v) is 2.18. The smallest absolute Gasteiger partial charge is 0.406 e. The van der Waals surface area contributed by atoms with Crippen molar-refractivity contribution in [2.24, 2.45) is 0 Å². The van der Waals surface area contributed by atoms with Gasteiger partial charge in [0.1, 0.15) is 5.75 Å². The normalized spacial score (nSPS) is 20.3. The number of hydrogen-bond donors (Lipinski definition) is 0. The molecule has 1 heterocycles. The highest BCUT2D eigenvalue weighted by molar-refractivity contribution is 9.10. The van der Waals surface area contributed by atoms with E-state index in [1.54, 1.807) is 0 Å². The van der Waals surface area contributed by atoms with Gasteiger partial charge in [-0.05, 0) is 30.7 Å². The van der Waals surface area contributed by atoms with Gasteiger partial charge in [0.2, 0.25) is 5.91 Å². The van der Waals surface area contributed by atoms with Gasteiger partial charge in [-0.1, -0.05) is 15.9 Å². The molecule has 18 heavy (non-hydrogen) atoms. The molecule has 0 saturated carbocycles. The second kappa shape index (κ2) is 4.79. The Morgan fingerprint density at radius 1 is 1.28 bits per heavy atom. The number of anilines is 1. The molecule has 7 heteroatoms.